The minimum Gasteiger partial charge on any atom is -0.467 e. The molecule has 1 atom stereocenters. The molecular weight excluding hydrogens is 268 g/mol. The Morgan fingerprint density at radius 1 is 1.48 bits per heavy atom. The Morgan fingerprint density at radius 3 is 3.00 bits per heavy atom. The number of nitrogens with one attached hydrogen (secondary N) is 2. The van der Waals surface area contributed by atoms with Gasteiger partial charge in [0.1, 0.15) is 5.76 Å². The fourth-order valence-corrected chi connectivity index (χ4v) is 2.73. The number of rotatable bonds is 5. The van der Waals surface area contributed by atoms with Gasteiger partial charge in [-0.05, 0) is 25.0 Å². The Hall–Kier alpha value is -1.98. The molecule has 1 amide bonds. The lowest BCUT2D eigenvalue weighted by molar-refractivity contribution is -0.128. The lowest BCUT2D eigenvalue weighted by Gasteiger charge is -2.17. The van der Waals surface area contributed by atoms with Crippen LogP contribution in [-0.4, -0.2) is 42.9 Å². The second-order valence-corrected chi connectivity index (χ2v) is 5.73. The summed E-state index contributed by atoms with van der Waals surface area (Å²) in [6.45, 7) is 2.25. The summed E-state index contributed by atoms with van der Waals surface area (Å²) < 4.78 is 5.27. The van der Waals surface area contributed by atoms with Crippen LogP contribution in [0.1, 0.15) is 25.0 Å². The molecule has 1 aliphatic carbocycles. The minimum absolute atomic E-state index is 0.308. The van der Waals surface area contributed by atoms with Gasteiger partial charge in [-0.15, -0.1) is 0 Å². The second-order valence-electron chi connectivity index (χ2n) is 5.73. The van der Waals surface area contributed by atoms with Crippen molar-refractivity contribution in [2.45, 2.75) is 31.8 Å². The highest BCUT2D eigenvalue weighted by Crippen LogP contribution is 2.32. The first-order chi connectivity index (χ1) is 10.3. The first-order valence-electron chi connectivity index (χ1n) is 7.52. The van der Waals surface area contributed by atoms with Crippen molar-refractivity contribution in [3.05, 3.63) is 24.2 Å². The van der Waals surface area contributed by atoms with Gasteiger partial charge in [0.15, 0.2) is 5.96 Å². The maximum atomic E-state index is 11.9. The van der Waals surface area contributed by atoms with Crippen LogP contribution in [0.25, 0.3) is 0 Å². The van der Waals surface area contributed by atoms with Crippen LogP contribution in [0.15, 0.2) is 27.8 Å². The molecule has 114 valence electrons. The van der Waals surface area contributed by atoms with Gasteiger partial charge < -0.3 is 20.0 Å². The predicted octanol–water partition coefficient (Wildman–Crippen LogP) is 0.955. The van der Waals surface area contributed by atoms with Crippen molar-refractivity contribution in [1.82, 2.24) is 15.5 Å². The molecule has 0 spiro atoms. The van der Waals surface area contributed by atoms with Crippen molar-refractivity contribution in [3.8, 4) is 0 Å². The zero-order valence-electron chi connectivity index (χ0n) is 12.3. The minimum atomic E-state index is 0.308. The molecule has 6 nitrogen and oxygen atoms in total. The molecule has 1 aromatic rings. The van der Waals surface area contributed by atoms with Crippen LogP contribution >= 0.6 is 0 Å². The highest BCUT2D eigenvalue weighted by Gasteiger charge is 2.39. The summed E-state index contributed by atoms with van der Waals surface area (Å²) in [7, 11) is 1.74. The quantitative estimate of drug-likeness (QED) is 0.626. The molecule has 0 bridgehead atoms. The van der Waals surface area contributed by atoms with E-state index in [1.54, 1.807) is 13.3 Å². The van der Waals surface area contributed by atoms with Crippen molar-refractivity contribution in [3.63, 3.8) is 0 Å². The summed E-state index contributed by atoms with van der Waals surface area (Å²) in [4.78, 5) is 18.1. The molecule has 0 aromatic carbocycles. The van der Waals surface area contributed by atoms with Crippen LogP contribution in [-0.2, 0) is 11.3 Å². The zero-order chi connectivity index (χ0) is 14.7. The number of carbonyl (C=O) groups excluding carboxylic acids is 1. The fraction of sp³-hybridized carbons (Fsp3) is 0.600. The Morgan fingerprint density at radius 2 is 2.33 bits per heavy atom. The van der Waals surface area contributed by atoms with E-state index >= 15 is 0 Å². The average Bonchev–Trinajstić information content (AvgIpc) is 3.06. The molecule has 1 saturated carbocycles. The summed E-state index contributed by atoms with van der Waals surface area (Å²) >= 11 is 0. The number of hydrogen-bond acceptors (Lipinski definition) is 3. The van der Waals surface area contributed by atoms with Gasteiger partial charge in [0.25, 0.3) is 0 Å². The van der Waals surface area contributed by atoms with Crippen LogP contribution < -0.4 is 10.6 Å². The number of guanidine groups is 1. The van der Waals surface area contributed by atoms with E-state index in [9.17, 15) is 4.79 Å². The van der Waals surface area contributed by atoms with Crippen molar-refractivity contribution in [2.24, 2.45) is 10.9 Å². The van der Waals surface area contributed by atoms with E-state index in [1.165, 1.54) is 12.8 Å². The van der Waals surface area contributed by atoms with Gasteiger partial charge in [-0.25, -0.2) is 0 Å². The highest BCUT2D eigenvalue weighted by molar-refractivity contribution is 5.81. The van der Waals surface area contributed by atoms with Gasteiger partial charge in [-0.1, -0.05) is 0 Å². The molecule has 0 unspecified atom stereocenters. The van der Waals surface area contributed by atoms with Gasteiger partial charge in [-0.2, -0.15) is 0 Å². The SMILES string of the molecule is CN=C(NCc1ccco1)NC[C@H]1CC(=O)N(C2CC2)C1. The van der Waals surface area contributed by atoms with E-state index < -0.39 is 0 Å². The van der Waals surface area contributed by atoms with Gasteiger partial charge in [0.05, 0.1) is 12.8 Å². The van der Waals surface area contributed by atoms with Crippen molar-refractivity contribution in [2.75, 3.05) is 20.1 Å². The maximum Gasteiger partial charge on any atom is 0.223 e. The normalized spacial score (nSPS) is 22.7. The molecule has 1 aliphatic heterocycles. The third-order valence-electron chi connectivity index (χ3n) is 4.02. The molecule has 2 aliphatic rings. The topological polar surface area (TPSA) is 69.9 Å². The van der Waals surface area contributed by atoms with E-state index in [1.807, 2.05) is 17.0 Å². The Balaban J connectivity index is 1.42. The summed E-state index contributed by atoms with van der Waals surface area (Å²) in [5, 5.41) is 6.49. The largest absolute Gasteiger partial charge is 0.467 e. The summed E-state index contributed by atoms with van der Waals surface area (Å²) in [6, 6.07) is 4.31. The molecule has 2 N–H and O–H groups in total. The van der Waals surface area contributed by atoms with Crippen LogP contribution in [0.3, 0.4) is 0 Å². The summed E-state index contributed by atoms with van der Waals surface area (Å²) in [6.07, 6.45) is 4.67. The second kappa shape index (κ2) is 6.20. The van der Waals surface area contributed by atoms with E-state index in [2.05, 4.69) is 15.6 Å². The van der Waals surface area contributed by atoms with Crippen molar-refractivity contribution >= 4 is 11.9 Å². The Kier molecular flexibility index (Phi) is 4.13. The smallest absolute Gasteiger partial charge is 0.223 e. The maximum absolute atomic E-state index is 11.9. The predicted molar refractivity (Wildman–Crippen MR) is 79.8 cm³/mol. The van der Waals surface area contributed by atoms with Crippen molar-refractivity contribution in [1.29, 1.82) is 0 Å². The first kappa shape index (κ1) is 14.0. The number of amides is 1. The van der Waals surface area contributed by atoms with E-state index in [4.69, 9.17) is 4.42 Å². The number of aliphatic imine (C=N–C) groups is 1. The van der Waals surface area contributed by atoms with Crippen LogP contribution in [0.5, 0.6) is 0 Å². The molecule has 1 saturated heterocycles. The van der Waals surface area contributed by atoms with E-state index in [0.717, 1.165) is 24.8 Å². The molecule has 2 heterocycles. The standard InChI is InChI=1S/C15H22N4O2/c1-16-15(18-9-13-3-2-6-21-13)17-8-11-7-14(20)19(10-11)12-4-5-12/h2-3,6,11-12H,4-5,7-10H2,1H3,(H2,16,17,18)/t11-/m1/s1. The number of furan rings is 1. The lowest BCUT2D eigenvalue weighted by Crippen LogP contribution is -2.40. The van der Waals surface area contributed by atoms with Gasteiger partial charge in [0, 0.05) is 38.5 Å². The van der Waals surface area contributed by atoms with Crippen molar-refractivity contribution < 1.29 is 9.21 Å². The van der Waals surface area contributed by atoms with E-state index in [0.29, 0.717) is 30.8 Å². The van der Waals surface area contributed by atoms with Gasteiger partial charge in [-0.3, -0.25) is 9.79 Å². The molecule has 2 fully saturated rings. The Bertz CT molecular complexity index is 508. The number of nitrogens with zero attached hydrogens (tertiary/aromatic N) is 2. The highest BCUT2D eigenvalue weighted by atomic mass is 16.3. The van der Waals surface area contributed by atoms with E-state index in [-0.39, 0.29) is 0 Å². The van der Waals surface area contributed by atoms with Gasteiger partial charge in [0.2, 0.25) is 5.91 Å². The number of carbonyl (C=O) groups is 1. The molecular formula is C15H22N4O2. The Labute approximate surface area is 124 Å². The first-order valence-corrected chi connectivity index (χ1v) is 7.52. The average molecular weight is 290 g/mol. The summed E-state index contributed by atoms with van der Waals surface area (Å²) in [5.74, 6) is 2.29. The molecule has 21 heavy (non-hydrogen) atoms. The van der Waals surface area contributed by atoms with Crippen LogP contribution in [0, 0.1) is 5.92 Å². The monoisotopic (exact) mass is 290 g/mol. The third kappa shape index (κ3) is 3.56. The zero-order valence-corrected chi connectivity index (χ0v) is 12.3. The molecule has 3 rings (SSSR count). The van der Waals surface area contributed by atoms with Crippen LogP contribution in [0.4, 0.5) is 0 Å². The lowest BCUT2D eigenvalue weighted by atomic mass is 10.1. The molecule has 6 heteroatoms. The molecule has 0 radical (unpaired) electrons. The summed E-state index contributed by atoms with van der Waals surface area (Å²) in [5.41, 5.74) is 0. The number of likely N-dealkylation sites (tertiary alicyclic amines) is 1. The van der Waals surface area contributed by atoms with Gasteiger partial charge >= 0.3 is 0 Å². The van der Waals surface area contributed by atoms with Crippen LogP contribution in [0.2, 0.25) is 0 Å². The fourth-order valence-electron chi connectivity index (χ4n) is 2.73. The third-order valence-corrected chi connectivity index (χ3v) is 4.02. The number of hydrogen-bond donors (Lipinski definition) is 2. The molecule has 1 aromatic heterocycles.